The van der Waals surface area contributed by atoms with Gasteiger partial charge >= 0.3 is 0 Å². The van der Waals surface area contributed by atoms with E-state index in [2.05, 4.69) is 41.5 Å². The van der Waals surface area contributed by atoms with Crippen molar-refractivity contribution in [2.45, 2.75) is 54.4 Å². The van der Waals surface area contributed by atoms with Crippen molar-refractivity contribution in [2.75, 3.05) is 0 Å². The standard InChI is InChI=1S/C15H28O/c1-7-9(2)15(16)14-8-10(3)11(4)12(5)13(14)6/h9-14H,7-8H2,1-6H3. The van der Waals surface area contributed by atoms with E-state index in [1.807, 2.05) is 0 Å². The van der Waals surface area contributed by atoms with Crippen molar-refractivity contribution in [1.29, 1.82) is 0 Å². The van der Waals surface area contributed by atoms with Crippen LogP contribution in [-0.2, 0) is 4.79 Å². The zero-order valence-corrected chi connectivity index (χ0v) is 11.8. The quantitative estimate of drug-likeness (QED) is 0.703. The number of carbonyl (C=O) groups is 1. The minimum atomic E-state index is 0.250. The molecule has 0 aromatic rings. The molecule has 0 aliphatic heterocycles. The number of ketones is 1. The van der Waals surface area contributed by atoms with Crippen LogP contribution in [0.3, 0.4) is 0 Å². The molecule has 16 heavy (non-hydrogen) atoms. The molecule has 0 spiro atoms. The Balaban J connectivity index is 2.78. The molecule has 1 saturated carbocycles. The van der Waals surface area contributed by atoms with Gasteiger partial charge < -0.3 is 0 Å². The highest BCUT2D eigenvalue weighted by molar-refractivity contribution is 5.83. The molecule has 0 bridgehead atoms. The molecule has 1 aliphatic rings. The lowest BCUT2D eigenvalue weighted by atomic mass is 9.62. The van der Waals surface area contributed by atoms with E-state index in [1.54, 1.807) is 0 Å². The van der Waals surface area contributed by atoms with E-state index in [0.29, 0.717) is 29.5 Å². The molecule has 1 nitrogen and oxygen atoms in total. The highest BCUT2D eigenvalue weighted by Crippen LogP contribution is 2.43. The number of Topliss-reactive ketones (excluding diaryl/α,β-unsaturated/α-hetero) is 1. The summed E-state index contributed by atoms with van der Waals surface area (Å²) in [5.74, 6) is 3.78. The van der Waals surface area contributed by atoms with Crippen molar-refractivity contribution in [2.24, 2.45) is 35.5 Å². The third-order valence-electron chi connectivity index (χ3n) is 5.28. The summed E-state index contributed by atoms with van der Waals surface area (Å²) in [5, 5.41) is 0. The molecule has 1 rings (SSSR count). The predicted molar refractivity (Wildman–Crippen MR) is 69.2 cm³/mol. The van der Waals surface area contributed by atoms with Crippen LogP contribution in [-0.4, -0.2) is 5.78 Å². The van der Waals surface area contributed by atoms with E-state index in [9.17, 15) is 4.79 Å². The Morgan fingerprint density at radius 2 is 1.69 bits per heavy atom. The second kappa shape index (κ2) is 5.33. The minimum Gasteiger partial charge on any atom is -0.299 e. The van der Waals surface area contributed by atoms with Crippen LogP contribution in [0.4, 0.5) is 0 Å². The Labute approximate surface area is 101 Å². The summed E-state index contributed by atoms with van der Waals surface area (Å²) in [5.41, 5.74) is 0. The molecule has 0 aromatic carbocycles. The van der Waals surface area contributed by atoms with Gasteiger partial charge in [0.1, 0.15) is 5.78 Å². The molecule has 0 saturated heterocycles. The Morgan fingerprint density at radius 1 is 1.12 bits per heavy atom. The molecule has 1 fully saturated rings. The van der Waals surface area contributed by atoms with E-state index < -0.39 is 0 Å². The monoisotopic (exact) mass is 224 g/mol. The number of rotatable bonds is 3. The second-order valence-corrected chi connectivity index (χ2v) is 6.11. The Bertz CT molecular complexity index is 246. The third kappa shape index (κ3) is 2.49. The zero-order valence-electron chi connectivity index (χ0n) is 11.8. The molecular formula is C15H28O. The lowest BCUT2D eigenvalue weighted by Crippen LogP contribution is -2.40. The summed E-state index contributed by atoms with van der Waals surface area (Å²) in [6, 6.07) is 0. The summed E-state index contributed by atoms with van der Waals surface area (Å²) in [6.45, 7) is 13.5. The molecule has 0 heterocycles. The second-order valence-electron chi connectivity index (χ2n) is 6.11. The van der Waals surface area contributed by atoms with Gasteiger partial charge in [0.25, 0.3) is 0 Å². The first-order chi connectivity index (χ1) is 7.40. The van der Waals surface area contributed by atoms with Crippen LogP contribution >= 0.6 is 0 Å². The average Bonchev–Trinajstić information content (AvgIpc) is 2.29. The first-order valence-corrected chi connectivity index (χ1v) is 6.93. The lowest BCUT2D eigenvalue weighted by molar-refractivity contribution is -0.131. The molecule has 0 aromatic heterocycles. The summed E-state index contributed by atoms with van der Waals surface area (Å²) in [4.78, 5) is 12.3. The molecule has 1 aliphatic carbocycles. The van der Waals surface area contributed by atoms with Gasteiger partial charge in [-0.25, -0.2) is 0 Å². The smallest absolute Gasteiger partial charge is 0.139 e. The van der Waals surface area contributed by atoms with Gasteiger partial charge in [-0.2, -0.15) is 0 Å². The van der Waals surface area contributed by atoms with Crippen LogP contribution in [0.25, 0.3) is 0 Å². The first-order valence-electron chi connectivity index (χ1n) is 6.93. The molecule has 0 amide bonds. The average molecular weight is 224 g/mol. The highest BCUT2D eigenvalue weighted by atomic mass is 16.1. The number of hydrogen-bond acceptors (Lipinski definition) is 1. The van der Waals surface area contributed by atoms with Crippen molar-refractivity contribution < 1.29 is 4.79 Å². The minimum absolute atomic E-state index is 0.250. The summed E-state index contributed by atoms with van der Waals surface area (Å²) in [7, 11) is 0. The largest absolute Gasteiger partial charge is 0.299 e. The maximum absolute atomic E-state index is 12.3. The van der Waals surface area contributed by atoms with Crippen molar-refractivity contribution >= 4 is 5.78 Å². The molecular weight excluding hydrogens is 196 g/mol. The van der Waals surface area contributed by atoms with Crippen LogP contribution in [0, 0.1) is 35.5 Å². The molecule has 94 valence electrons. The van der Waals surface area contributed by atoms with Gasteiger partial charge in [0.2, 0.25) is 0 Å². The number of carbonyl (C=O) groups excluding carboxylic acids is 1. The van der Waals surface area contributed by atoms with Crippen molar-refractivity contribution in [1.82, 2.24) is 0 Å². The Kier molecular flexibility index (Phi) is 4.58. The summed E-state index contributed by atoms with van der Waals surface area (Å²) >= 11 is 0. The van der Waals surface area contributed by atoms with E-state index in [1.165, 1.54) is 0 Å². The van der Waals surface area contributed by atoms with Gasteiger partial charge in [-0.15, -0.1) is 0 Å². The lowest BCUT2D eigenvalue weighted by Gasteiger charge is -2.42. The van der Waals surface area contributed by atoms with Crippen LogP contribution in [0.2, 0.25) is 0 Å². The van der Waals surface area contributed by atoms with E-state index >= 15 is 0 Å². The van der Waals surface area contributed by atoms with Crippen LogP contribution in [0.1, 0.15) is 54.4 Å². The predicted octanol–water partition coefficient (Wildman–Crippen LogP) is 4.17. The molecule has 1 heteroatoms. The fourth-order valence-corrected chi connectivity index (χ4v) is 3.14. The topological polar surface area (TPSA) is 17.1 Å². The van der Waals surface area contributed by atoms with Gasteiger partial charge in [-0.3, -0.25) is 4.79 Å². The molecule has 6 atom stereocenters. The molecule has 0 N–H and O–H groups in total. The van der Waals surface area contributed by atoms with Crippen LogP contribution in [0.5, 0.6) is 0 Å². The molecule has 6 unspecified atom stereocenters. The Hall–Kier alpha value is -0.330. The number of hydrogen-bond donors (Lipinski definition) is 0. The van der Waals surface area contributed by atoms with Crippen molar-refractivity contribution in [3.63, 3.8) is 0 Å². The maximum Gasteiger partial charge on any atom is 0.139 e. The fourth-order valence-electron chi connectivity index (χ4n) is 3.14. The fraction of sp³-hybridized carbons (Fsp3) is 0.933. The van der Waals surface area contributed by atoms with E-state index in [0.717, 1.165) is 18.8 Å². The van der Waals surface area contributed by atoms with Crippen LogP contribution in [0.15, 0.2) is 0 Å². The maximum atomic E-state index is 12.3. The Morgan fingerprint density at radius 3 is 2.19 bits per heavy atom. The SMILES string of the molecule is CCC(C)C(=O)C1CC(C)C(C)C(C)C1C. The van der Waals surface area contributed by atoms with Crippen molar-refractivity contribution in [3.05, 3.63) is 0 Å². The van der Waals surface area contributed by atoms with Gasteiger partial charge in [-0.1, -0.05) is 41.5 Å². The van der Waals surface area contributed by atoms with Gasteiger partial charge in [0.15, 0.2) is 0 Å². The molecule has 0 radical (unpaired) electrons. The first kappa shape index (κ1) is 13.7. The van der Waals surface area contributed by atoms with E-state index in [-0.39, 0.29) is 5.92 Å². The zero-order chi connectivity index (χ0) is 12.5. The van der Waals surface area contributed by atoms with Crippen LogP contribution < -0.4 is 0 Å². The van der Waals surface area contributed by atoms with Gasteiger partial charge in [-0.05, 0) is 36.5 Å². The summed E-state index contributed by atoms with van der Waals surface area (Å²) in [6.07, 6.45) is 2.09. The third-order valence-corrected chi connectivity index (χ3v) is 5.28. The highest BCUT2D eigenvalue weighted by Gasteiger charge is 2.40. The summed E-state index contributed by atoms with van der Waals surface area (Å²) < 4.78 is 0. The van der Waals surface area contributed by atoms with Gasteiger partial charge in [0.05, 0.1) is 0 Å². The van der Waals surface area contributed by atoms with Crippen molar-refractivity contribution in [3.8, 4) is 0 Å². The van der Waals surface area contributed by atoms with Gasteiger partial charge in [0, 0.05) is 11.8 Å². The van der Waals surface area contributed by atoms with E-state index in [4.69, 9.17) is 0 Å². The normalized spacial score (nSPS) is 41.8.